The Morgan fingerprint density at radius 2 is 2.19 bits per heavy atom. The van der Waals surface area contributed by atoms with E-state index in [0.29, 0.717) is 17.3 Å². The molecule has 6 heteroatoms. The van der Waals surface area contributed by atoms with Crippen molar-refractivity contribution >= 4 is 11.6 Å². The molecule has 1 amide bonds. The molecule has 0 spiro atoms. The zero-order valence-electron chi connectivity index (χ0n) is 11.3. The van der Waals surface area contributed by atoms with Gasteiger partial charge in [0.2, 0.25) is 5.91 Å². The first-order valence-corrected chi connectivity index (χ1v) is 6.74. The molecule has 1 saturated carbocycles. The molecule has 6 nitrogen and oxygen atoms in total. The van der Waals surface area contributed by atoms with Crippen molar-refractivity contribution in [3.8, 4) is 6.07 Å². The van der Waals surface area contributed by atoms with E-state index in [2.05, 4.69) is 5.32 Å². The van der Waals surface area contributed by atoms with Crippen LogP contribution in [0, 0.1) is 11.3 Å². The zero-order valence-corrected chi connectivity index (χ0v) is 11.3. The molecule has 0 atom stereocenters. The van der Waals surface area contributed by atoms with Crippen molar-refractivity contribution in [1.82, 2.24) is 9.13 Å². The predicted molar refractivity (Wildman–Crippen MR) is 76.7 cm³/mol. The second kappa shape index (κ2) is 5.29. The molecule has 0 saturated heterocycles. The number of hydrogen-bond donors (Lipinski definition) is 1. The van der Waals surface area contributed by atoms with Crippen LogP contribution >= 0.6 is 0 Å². The highest BCUT2D eigenvalue weighted by Gasteiger charge is 2.25. The monoisotopic (exact) mass is 282 g/mol. The number of carbonyl (C=O) groups excluding carboxylic acids is 1. The van der Waals surface area contributed by atoms with E-state index in [1.165, 1.54) is 4.57 Å². The number of nitrogens with one attached hydrogen (secondary N) is 1. The number of carbonyl (C=O) groups is 1. The Bertz CT molecular complexity index is 777. The van der Waals surface area contributed by atoms with Crippen LogP contribution in [0.4, 0.5) is 5.69 Å². The summed E-state index contributed by atoms with van der Waals surface area (Å²) in [6, 6.07) is 8.97. The number of aromatic nitrogens is 2. The van der Waals surface area contributed by atoms with Gasteiger partial charge in [-0.05, 0) is 31.0 Å². The van der Waals surface area contributed by atoms with Gasteiger partial charge in [0.05, 0.1) is 11.6 Å². The Kier molecular flexibility index (Phi) is 3.32. The fourth-order valence-corrected chi connectivity index (χ4v) is 2.20. The molecule has 1 aliphatic carbocycles. The van der Waals surface area contributed by atoms with Gasteiger partial charge >= 0.3 is 5.69 Å². The summed E-state index contributed by atoms with van der Waals surface area (Å²) in [5.74, 6) is -0.291. The lowest BCUT2D eigenvalue weighted by Crippen LogP contribution is -2.28. The number of imidazole rings is 1. The van der Waals surface area contributed by atoms with Crippen LogP contribution in [0.2, 0.25) is 0 Å². The molecule has 1 N–H and O–H groups in total. The van der Waals surface area contributed by atoms with E-state index in [1.54, 1.807) is 41.2 Å². The molecule has 1 fully saturated rings. The fourth-order valence-electron chi connectivity index (χ4n) is 2.20. The lowest BCUT2D eigenvalue weighted by atomic mass is 10.2. The number of rotatable bonds is 4. The third-order valence-corrected chi connectivity index (χ3v) is 3.40. The van der Waals surface area contributed by atoms with Gasteiger partial charge in [-0.1, -0.05) is 6.07 Å². The van der Waals surface area contributed by atoms with Crippen LogP contribution < -0.4 is 11.0 Å². The van der Waals surface area contributed by atoms with Crippen molar-refractivity contribution in [2.45, 2.75) is 25.4 Å². The first-order valence-electron chi connectivity index (χ1n) is 6.74. The molecule has 106 valence electrons. The molecule has 0 unspecified atom stereocenters. The van der Waals surface area contributed by atoms with Gasteiger partial charge in [0, 0.05) is 24.1 Å². The van der Waals surface area contributed by atoms with Crippen LogP contribution in [0.15, 0.2) is 41.5 Å². The Morgan fingerprint density at radius 1 is 1.38 bits per heavy atom. The van der Waals surface area contributed by atoms with Crippen LogP contribution in [0.3, 0.4) is 0 Å². The highest BCUT2D eigenvalue weighted by atomic mass is 16.2. The minimum Gasteiger partial charge on any atom is -0.324 e. The first-order chi connectivity index (χ1) is 10.2. The molecule has 0 aliphatic heterocycles. The number of amides is 1. The predicted octanol–water partition coefficient (Wildman–Crippen LogP) is 1.50. The Morgan fingerprint density at radius 3 is 2.90 bits per heavy atom. The molecule has 1 aliphatic rings. The molecule has 0 bridgehead atoms. The molecule has 2 aromatic rings. The van der Waals surface area contributed by atoms with Gasteiger partial charge < -0.3 is 5.32 Å². The number of anilines is 1. The summed E-state index contributed by atoms with van der Waals surface area (Å²) in [6.45, 7) is -0.0324. The summed E-state index contributed by atoms with van der Waals surface area (Å²) in [5.41, 5.74) is 0.872. The van der Waals surface area contributed by atoms with E-state index < -0.39 is 0 Å². The van der Waals surface area contributed by atoms with Crippen molar-refractivity contribution in [1.29, 1.82) is 5.26 Å². The Balaban J connectivity index is 1.69. The van der Waals surface area contributed by atoms with Crippen LogP contribution in [-0.4, -0.2) is 15.0 Å². The largest absolute Gasteiger partial charge is 0.328 e. The molecule has 0 radical (unpaired) electrons. The van der Waals surface area contributed by atoms with Crippen LogP contribution in [0.1, 0.15) is 24.4 Å². The lowest BCUT2D eigenvalue weighted by molar-refractivity contribution is -0.116. The quantitative estimate of drug-likeness (QED) is 0.922. The van der Waals surface area contributed by atoms with Gasteiger partial charge in [0.1, 0.15) is 6.54 Å². The second-order valence-corrected chi connectivity index (χ2v) is 5.09. The molecular weight excluding hydrogens is 268 g/mol. The molecular formula is C15H14N4O2. The minimum absolute atomic E-state index is 0.0324. The van der Waals surface area contributed by atoms with Crippen LogP contribution in [0.25, 0.3) is 0 Å². The lowest BCUT2D eigenvalue weighted by Gasteiger charge is -2.05. The third kappa shape index (κ3) is 2.87. The van der Waals surface area contributed by atoms with E-state index in [-0.39, 0.29) is 18.1 Å². The molecule has 1 heterocycles. The Hall–Kier alpha value is -2.81. The second-order valence-electron chi connectivity index (χ2n) is 5.09. The van der Waals surface area contributed by atoms with E-state index >= 15 is 0 Å². The van der Waals surface area contributed by atoms with Crippen molar-refractivity contribution in [3.05, 3.63) is 52.7 Å². The van der Waals surface area contributed by atoms with Crippen molar-refractivity contribution in [2.24, 2.45) is 0 Å². The smallest absolute Gasteiger partial charge is 0.324 e. The standard InChI is InChI=1S/C15H14N4O2/c16-9-11-2-1-3-12(8-11)17-14(20)10-18-6-7-19(15(18)21)13-4-5-13/h1-3,6-8,13H,4-5,10H2,(H,17,20). The zero-order chi connectivity index (χ0) is 14.8. The number of nitriles is 1. The highest BCUT2D eigenvalue weighted by molar-refractivity contribution is 5.90. The maximum Gasteiger partial charge on any atom is 0.328 e. The number of nitrogens with zero attached hydrogens (tertiary/aromatic N) is 3. The van der Waals surface area contributed by atoms with Crippen LogP contribution in [-0.2, 0) is 11.3 Å². The maximum atomic E-state index is 12.0. The molecule has 3 rings (SSSR count). The Labute approximate surface area is 121 Å². The summed E-state index contributed by atoms with van der Waals surface area (Å²) < 4.78 is 3.06. The van der Waals surface area contributed by atoms with Gasteiger partial charge in [-0.2, -0.15) is 5.26 Å². The third-order valence-electron chi connectivity index (χ3n) is 3.40. The average Bonchev–Trinajstić information content (AvgIpc) is 3.25. The minimum atomic E-state index is -0.291. The van der Waals surface area contributed by atoms with E-state index in [1.807, 2.05) is 6.07 Å². The van der Waals surface area contributed by atoms with Gasteiger partial charge in [0.15, 0.2) is 0 Å². The van der Waals surface area contributed by atoms with Crippen molar-refractivity contribution in [3.63, 3.8) is 0 Å². The summed E-state index contributed by atoms with van der Waals surface area (Å²) >= 11 is 0. The van der Waals surface area contributed by atoms with Gasteiger partial charge in [-0.15, -0.1) is 0 Å². The summed E-state index contributed by atoms with van der Waals surface area (Å²) in [4.78, 5) is 24.0. The SMILES string of the molecule is N#Cc1cccc(NC(=O)Cn2ccn(C3CC3)c2=O)c1. The molecule has 21 heavy (non-hydrogen) atoms. The number of hydrogen-bond acceptors (Lipinski definition) is 3. The van der Waals surface area contributed by atoms with Crippen molar-refractivity contribution < 1.29 is 4.79 Å². The summed E-state index contributed by atoms with van der Waals surface area (Å²) in [6.07, 6.45) is 5.41. The van der Waals surface area contributed by atoms with Crippen molar-refractivity contribution in [2.75, 3.05) is 5.32 Å². The molecule has 1 aromatic carbocycles. The van der Waals surface area contributed by atoms with E-state index in [0.717, 1.165) is 12.8 Å². The summed E-state index contributed by atoms with van der Waals surface area (Å²) in [7, 11) is 0. The topological polar surface area (TPSA) is 79.8 Å². The van der Waals surface area contributed by atoms with E-state index in [9.17, 15) is 9.59 Å². The fraction of sp³-hybridized carbons (Fsp3) is 0.267. The highest BCUT2D eigenvalue weighted by Crippen LogP contribution is 2.33. The van der Waals surface area contributed by atoms with Gasteiger partial charge in [-0.3, -0.25) is 13.9 Å². The van der Waals surface area contributed by atoms with Gasteiger partial charge in [-0.25, -0.2) is 4.79 Å². The molecule has 1 aromatic heterocycles. The average molecular weight is 282 g/mol. The maximum absolute atomic E-state index is 12.0. The summed E-state index contributed by atoms with van der Waals surface area (Å²) in [5, 5.41) is 11.5. The number of benzene rings is 1. The van der Waals surface area contributed by atoms with Gasteiger partial charge in [0.25, 0.3) is 0 Å². The van der Waals surface area contributed by atoms with E-state index in [4.69, 9.17) is 5.26 Å². The van der Waals surface area contributed by atoms with Crippen LogP contribution in [0.5, 0.6) is 0 Å². The normalized spacial score (nSPS) is 13.7. The first kappa shape index (κ1) is 13.2.